The normalized spacial score (nSPS) is 24.0. The summed E-state index contributed by atoms with van der Waals surface area (Å²) in [6, 6.07) is 16.4. The van der Waals surface area contributed by atoms with Gasteiger partial charge in [-0.2, -0.15) is 0 Å². The molecule has 1 amide bonds. The summed E-state index contributed by atoms with van der Waals surface area (Å²) in [6.07, 6.45) is 1.57. The minimum atomic E-state index is -2.78. The van der Waals surface area contributed by atoms with Crippen molar-refractivity contribution in [1.29, 1.82) is 0 Å². The second-order valence-electron chi connectivity index (χ2n) is 11.1. The molecule has 1 fully saturated rings. The Morgan fingerprint density at radius 3 is 2.40 bits per heavy atom. The number of amides is 1. The molecule has 9 nitrogen and oxygen atoms in total. The largest absolute Gasteiger partial charge is 0.497 e. The second-order valence-corrected chi connectivity index (χ2v) is 15.0. The summed E-state index contributed by atoms with van der Waals surface area (Å²) in [6.45, 7) is 5.89. The highest BCUT2D eigenvalue weighted by atomic mass is 28.4. The second kappa shape index (κ2) is 10.5. The van der Waals surface area contributed by atoms with E-state index in [9.17, 15) is 19.5 Å². The van der Waals surface area contributed by atoms with Crippen LogP contribution in [-0.2, 0) is 21.7 Å². The van der Waals surface area contributed by atoms with E-state index in [1.807, 2.05) is 62.5 Å². The van der Waals surface area contributed by atoms with Crippen LogP contribution in [0, 0.1) is 5.92 Å². The lowest BCUT2D eigenvalue weighted by molar-refractivity contribution is -0.146. The quantitative estimate of drug-likeness (QED) is 0.403. The molecule has 0 aliphatic carbocycles. The Balaban J connectivity index is 1.53. The zero-order valence-electron chi connectivity index (χ0n) is 23.5. The van der Waals surface area contributed by atoms with Crippen LogP contribution in [0.4, 0.5) is 5.69 Å². The number of nitrogens with zero attached hydrogens (tertiary/aromatic N) is 2. The Labute approximate surface area is 234 Å². The highest BCUT2D eigenvalue weighted by Crippen LogP contribution is 2.60. The van der Waals surface area contributed by atoms with E-state index in [2.05, 4.69) is 0 Å². The predicted octanol–water partition coefficient (Wildman–Crippen LogP) is 3.58. The van der Waals surface area contributed by atoms with Crippen molar-refractivity contribution >= 4 is 19.9 Å². The molecule has 3 aromatic rings. The Bertz CT molecular complexity index is 1470. The average Bonchev–Trinajstić information content (AvgIpc) is 3.36. The Kier molecular flexibility index (Phi) is 7.38. The molecule has 1 spiro atoms. The zero-order chi connectivity index (χ0) is 28.8. The summed E-state index contributed by atoms with van der Waals surface area (Å²) >= 11 is 0. The monoisotopic (exact) mass is 564 g/mol. The number of anilines is 1. The highest BCUT2D eigenvalue weighted by Gasteiger charge is 2.66. The Morgan fingerprint density at radius 2 is 1.77 bits per heavy atom. The molecule has 2 aromatic carbocycles. The van der Waals surface area contributed by atoms with Crippen LogP contribution < -0.4 is 19.9 Å². The van der Waals surface area contributed by atoms with Crippen LogP contribution >= 0.6 is 0 Å². The molecule has 0 saturated carbocycles. The van der Waals surface area contributed by atoms with Crippen LogP contribution in [0.1, 0.15) is 24.5 Å². The number of methoxy groups -OCH3 is 2. The van der Waals surface area contributed by atoms with Gasteiger partial charge in [-0.25, -0.2) is 0 Å². The molecule has 0 radical (unpaired) electrons. The van der Waals surface area contributed by atoms with Crippen molar-refractivity contribution in [2.75, 3.05) is 25.7 Å². The first-order chi connectivity index (χ1) is 19.1. The van der Waals surface area contributed by atoms with Crippen molar-refractivity contribution in [3.05, 3.63) is 82.3 Å². The topological polar surface area (TPSA) is 110 Å². The maximum Gasteiger partial charge on any atom is 0.297 e. The van der Waals surface area contributed by atoms with Gasteiger partial charge in [0.25, 0.3) is 11.5 Å². The molecule has 1 saturated heterocycles. The van der Waals surface area contributed by atoms with E-state index in [-0.39, 0.29) is 35.3 Å². The van der Waals surface area contributed by atoms with E-state index in [0.717, 1.165) is 11.3 Å². The van der Waals surface area contributed by atoms with Crippen LogP contribution in [0.5, 0.6) is 11.5 Å². The van der Waals surface area contributed by atoms with Gasteiger partial charge in [0.15, 0.2) is 19.7 Å². The number of fused-ring (bicyclic) bond motifs is 2. The maximum absolute atomic E-state index is 14.4. The van der Waals surface area contributed by atoms with Crippen molar-refractivity contribution in [3.8, 4) is 17.2 Å². The summed E-state index contributed by atoms with van der Waals surface area (Å²) in [7, 11) is 0.269. The number of benzene rings is 2. The minimum absolute atomic E-state index is 0.0972. The molecule has 40 heavy (non-hydrogen) atoms. The molecule has 2 N–H and O–H groups in total. The van der Waals surface area contributed by atoms with Crippen molar-refractivity contribution in [3.63, 3.8) is 0 Å². The van der Waals surface area contributed by atoms with Crippen LogP contribution in [-0.4, -0.2) is 55.6 Å². The van der Waals surface area contributed by atoms with Gasteiger partial charge in [-0.05, 0) is 67.5 Å². The lowest BCUT2D eigenvalue weighted by Crippen LogP contribution is -2.46. The first kappa shape index (κ1) is 28.1. The van der Waals surface area contributed by atoms with Crippen molar-refractivity contribution in [2.45, 2.75) is 50.2 Å². The van der Waals surface area contributed by atoms with E-state index < -0.39 is 20.0 Å². The molecule has 212 valence electrons. The van der Waals surface area contributed by atoms with Gasteiger partial charge in [0, 0.05) is 35.5 Å². The van der Waals surface area contributed by atoms with Crippen molar-refractivity contribution in [2.24, 2.45) is 5.92 Å². The summed E-state index contributed by atoms with van der Waals surface area (Å²) in [4.78, 5) is 40.0. The first-order valence-electron chi connectivity index (χ1n) is 13.4. The maximum atomic E-state index is 14.4. The molecular formula is C30H36N2O7Si. The number of aliphatic hydroxyl groups excluding tert-OH is 1. The number of aromatic nitrogens is 1. The van der Waals surface area contributed by atoms with Crippen LogP contribution in [0.3, 0.4) is 0 Å². The Hall–Kier alpha value is -3.44. The number of ether oxygens (including phenoxy) is 3. The van der Waals surface area contributed by atoms with Gasteiger partial charge in [0.1, 0.15) is 5.75 Å². The van der Waals surface area contributed by atoms with Gasteiger partial charge in [0.05, 0.1) is 32.6 Å². The molecule has 1 aromatic heterocycles. The van der Waals surface area contributed by atoms with E-state index in [1.54, 1.807) is 30.3 Å². The van der Waals surface area contributed by atoms with Crippen molar-refractivity contribution < 1.29 is 28.9 Å². The van der Waals surface area contributed by atoms with Crippen LogP contribution in [0.25, 0.3) is 5.69 Å². The van der Waals surface area contributed by atoms with Gasteiger partial charge < -0.3 is 29.0 Å². The van der Waals surface area contributed by atoms with Gasteiger partial charge in [-0.15, -0.1) is 0 Å². The fraction of sp³-hybridized carbons (Fsp3) is 0.400. The molecule has 0 unspecified atom stereocenters. The third kappa shape index (κ3) is 4.45. The number of carbonyl (C=O) groups excluding carboxylic acids is 1. The molecule has 4 atom stereocenters. The minimum Gasteiger partial charge on any atom is -0.497 e. The van der Waals surface area contributed by atoms with E-state index in [0.29, 0.717) is 30.0 Å². The molecule has 10 heteroatoms. The molecule has 5 rings (SSSR count). The number of rotatable bonds is 8. The molecule has 0 bridgehead atoms. The van der Waals surface area contributed by atoms with E-state index in [1.165, 1.54) is 11.7 Å². The predicted molar refractivity (Wildman–Crippen MR) is 154 cm³/mol. The lowest BCUT2D eigenvalue weighted by atomic mass is 9.82. The van der Waals surface area contributed by atoms with Crippen LogP contribution in [0.15, 0.2) is 65.6 Å². The molecule has 3 heterocycles. The number of hydrogen-bond donors (Lipinski definition) is 2. The first-order valence-corrected chi connectivity index (χ1v) is 16.5. The molecule has 2 aliphatic heterocycles. The Morgan fingerprint density at radius 1 is 1.05 bits per heavy atom. The fourth-order valence-electron chi connectivity index (χ4n) is 6.52. The summed E-state index contributed by atoms with van der Waals surface area (Å²) in [5.41, 5.74) is 1.20. The molecular weight excluding hydrogens is 528 g/mol. The van der Waals surface area contributed by atoms with Gasteiger partial charge in [-0.1, -0.05) is 19.1 Å². The summed E-state index contributed by atoms with van der Waals surface area (Å²) in [5.74, 6) is 0.352. The average molecular weight is 565 g/mol. The van der Waals surface area contributed by atoms with Gasteiger partial charge in [0.2, 0.25) is 0 Å². The van der Waals surface area contributed by atoms with E-state index >= 15 is 0 Å². The SMILES string of the molecule is COc1ccc2c(c1)[C@@]1(O[C@H](CCO)[C@@H]([Si](C)(C)O)[C@@H]1C)C(=O)N2Cc1ccc(-n2cccc(OC)c2=O)cc1. The zero-order valence-corrected chi connectivity index (χ0v) is 24.5. The highest BCUT2D eigenvalue weighted by molar-refractivity contribution is 6.71. The van der Waals surface area contributed by atoms with Gasteiger partial charge >= 0.3 is 0 Å². The standard InChI is InChI=1S/C30H36N2O7Si/c1-19-27(40(4,5)36)25(14-16-33)39-30(19)23-17-22(37-2)12-13-24(23)32(29(30)35)18-20-8-10-21(11-9-20)31-15-6-7-26(38-3)28(31)34/h6-13,15,17,19,25,27,33,36H,14,16,18H2,1-5H3/t19-,25+,27-,30+/m0/s1. The number of hydrogen-bond acceptors (Lipinski definition) is 7. The summed E-state index contributed by atoms with van der Waals surface area (Å²) in [5, 5.41) is 9.78. The van der Waals surface area contributed by atoms with E-state index in [4.69, 9.17) is 14.2 Å². The lowest BCUT2D eigenvalue weighted by Gasteiger charge is -2.32. The number of pyridine rings is 1. The number of carbonyl (C=O) groups is 1. The van der Waals surface area contributed by atoms with Crippen molar-refractivity contribution in [1.82, 2.24) is 4.57 Å². The molecule has 2 aliphatic rings. The summed E-state index contributed by atoms with van der Waals surface area (Å²) < 4.78 is 18.8. The van der Waals surface area contributed by atoms with Crippen LogP contribution in [0.2, 0.25) is 18.6 Å². The number of aliphatic hydroxyl groups is 1. The third-order valence-electron chi connectivity index (χ3n) is 8.29. The third-order valence-corrected chi connectivity index (χ3v) is 10.8. The fourth-order valence-corrected chi connectivity index (χ4v) is 9.12. The van der Waals surface area contributed by atoms with Gasteiger partial charge in [-0.3, -0.25) is 14.2 Å². The smallest absolute Gasteiger partial charge is 0.297 e.